The van der Waals surface area contributed by atoms with Crippen LogP contribution in [0.2, 0.25) is 0 Å². The van der Waals surface area contributed by atoms with Gasteiger partial charge in [-0.1, -0.05) is 67.2 Å². The molecule has 2 unspecified atom stereocenters. The van der Waals surface area contributed by atoms with Crippen molar-refractivity contribution in [2.24, 2.45) is 17.3 Å². The van der Waals surface area contributed by atoms with Crippen LogP contribution in [0.5, 0.6) is 0 Å². The van der Waals surface area contributed by atoms with Gasteiger partial charge in [0.25, 0.3) is 0 Å². The summed E-state index contributed by atoms with van der Waals surface area (Å²) in [6.45, 7) is 14.3. The molecule has 0 rings (SSSR count). The minimum Gasteiger partial charge on any atom is -0.0654 e. The summed E-state index contributed by atoms with van der Waals surface area (Å²) in [7, 11) is 0. The van der Waals surface area contributed by atoms with Crippen molar-refractivity contribution in [3.05, 3.63) is 0 Å². The van der Waals surface area contributed by atoms with Crippen LogP contribution in [-0.4, -0.2) is 0 Å². The van der Waals surface area contributed by atoms with E-state index in [1.165, 1.54) is 44.9 Å². The Bertz CT molecular complexity index is 159. The molecule has 0 saturated heterocycles. The van der Waals surface area contributed by atoms with Gasteiger partial charge in [0, 0.05) is 0 Å². The van der Waals surface area contributed by atoms with E-state index in [9.17, 15) is 0 Å². The minimum absolute atomic E-state index is 0.610. The second-order valence-electron chi connectivity index (χ2n) is 5.74. The van der Waals surface area contributed by atoms with Gasteiger partial charge in [0.1, 0.15) is 0 Å². The third-order valence-electron chi connectivity index (χ3n) is 4.74. The van der Waals surface area contributed by atoms with Crippen LogP contribution < -0.4 is 0 Å². The zero-order valence-corrected chi connectivity index (χ0v) is 12.6. The van der Waals surface area contributed by atoms with Crippen molar-refractivity contribution in [2.75, 3.05) is 0 Å². The van der Waals surface area contributed by atoms with E-state index in [-0.39, 0.29) is 0 Å². The molecule has 0 heterocycles. The molecule has 0 spiro atoms. The van der Waals surface area contributed by atoms with Gasteiger partial charge in [-0.3, -0.25) is 0 Å². The Labute approximate surface area is 104 Å². The van der Waals surface area contributed by atoms with Crippen molar-refractivity contribution in [3.63, 3.8) is 0 Å². The average Bonchev–Trinajstić information content (AvgIpc) is 2.27. The first-order valence-electron chi connectivity index (χ1n) is 7.58. The lowest BCUT2D eigenvalue weighted by atomic mass is 9.61. The predicted octanol–water partition coefficient (Wildman–Crippen LogP) is 6.06. The van der Waals surface area contributed by atoms with Gasteiger partial charge in [-0.05, 0) is 36.5 Å². The molecule has 0 aromatic carbocycles. The maximum atomic E-state index is 2.44. The lowest BCUT2D eigenvalue weighted by molar-refractivity contribution is 0.0587. The van der Waals surface area contributed by atoms with Crippen molar-refractivity contribution in [2.45, 2.75) is 86.5 Å². The topological polar surface area (TPSA) is 0 Å². The van der Waals surface area contributed by atoms with Crippen molar-refractivity contribution in [1.29, 1.82) is 0 Å². The van der Waals surface area contributed by atoms with E-state index in [1.807, 2.05) is 0 Å². The van der Waals surface area contributed by atoms with Crippen LogP contribution >= 0.6 is 0 Å². The Morgan fingerprint density at radius 1 is 0.938 bits per heavy atom. The molecule has 16 heavy (non-hydrogen) atoms. The van der Waals surface area contributed by atoms with Crippen LogP contribution in [0, 0.1) is 17.3 Å². The lowest BCUT2D eigenvalue weighted by Gasteiger charge is -2.44. The number of hydrogen-bond donors (Lipinski definition) is 0. The van der Waals surface area contributed by atoms with E-state index in [0.717, 1.165) is 11.8 Å². The molecule has 0 nitrogen and oxygen atoms in total. The van der Waals surface area contributed by atoms with Crippen molar-refractivity contribution < 1.29 is 0 Å². The molecule has 0 saturated carbocycles. The van der Waals surface area contributed by atoms with E-state index in [0.29, 0.717) is 5.41 Å². The Hall–Kier alpha value is 0. The summed E-state index contributed by atoms with van der Waals surface area (Å²) < 4.78 is 0. The first kappa shape index (κ1) is 16.0. The largest absolute Gasteiger partial charge is 0.0654 e. The molecule has 0 aliphatic carbocycles. The number of rotatable bonds is 9. The van der Waals surface area contributed by atoms with Crippen LogP contribution in [0.3, 0.4) is 0 Å². The summed E-state index contributed by atoms with van der Waals surface area (Å²) in [6.07, 6.45) is 9.70. The fourth-order valence-corrected chi connectivity index (χ4v) is 3.65. The summed E-state index contributed by atoms with van der Waals surface area (Å²) >= 11 is 0. The van der Waals surface area contributed by atoms with Gasteiger partial charge in [-0.2, -0.15) is 0 Å². The average molecular weight is 226 g/mol. The molecular weight excluding hydrogens is 192 g/mol. The smallest absolute Gasteiger partial charge is 0.0249 e. The SMILES string of the molecule is CCCCC(CC)C(CC)(CCC)C(C)C. The molecule has 2 atom stereocenters. The van der Waals surface area contributed by atoms with Crippen LogP contribution in [0.15, 0.2) is 0 Å². The predicted molar refractivity (Wildman–Crippen MR) is 75.8 cm³/mol. The van der Waals surface area contributed by atoms with Gasteiger partial charge in [-0.15, -0.1) is 0 Å². The summed E-state index contributed by atoms with van der Waals surface area (Å²) in [6, 6.07) is 0. The zero-order chi connectivity index (χ0) is 12.6. The fraction of sp³-hybridized carbons (Fsp3) is 1.00. The van der Waals surface area contributed by atoms with Crippen LogP contribution in [0.4, 0.5) is 0 Å². The van der Waals surface area contributed by atoms with E-state index in [2.05, 4.69) is 41.5 Å². The van der Waals surface area contributed by atoms with Gasteiger partial charge >= 0.3 is 0 Å². The molecule has 0 fully saturated rings. The Kier molecular flexibility index (Phi) is 8.14. The monoisotopic (exact) mass is 226 g/mol. The molecule has 98 valence electrons. The number of hydrogen-bond acceptors (Lipinski definition) is 0. The molecule has 0 aliphatic heterocycles. The minimum atomic E-state index is 0.610. The summed E-state index contributed by atoms with van der Waals surface area (Å²) in [5, 5.41) is 0. The molecule has 0 aliphatic rings. The molecule has 0 aromatic heterocycles. The van der Waals surface area contributed by atoms with E-state index < -0.39 is 0 Å². The molecular formula is C16H34. The highest BCUT2D eigenvalue weighted by atomic mass is 14.4. The maximum absolute atomic E-state index is 2.44. The summed E-state index contributed by atoms with van der Waals surface area (Å²) in [5.41, 5.74) is 0.610. The standard InChI is InChI=1S/C16H34/c1-7-11-12-15(9-3)16(10-4,13-8-2)14(5)6/h14-15H,7-13H2,1-6H3. The Morgan fingerprint density at radius 3 is 1.88 bits per heavy atom. The molecule has 0 N–H and O–H groups in total. The molecule has 0 radical (unpaired) electrons. The van der Waals surface area contributed by atoms with Crippen LogP contribution in [0.25, 0.3) is 0 Å². The van der Waals surface area contributed by atoms with Gasteiger partial charge < -0.3 is 0 Å². The third kappa shape index (κ3) is 3.79. The van der Waals surface area contributed by atoms with Crippen molar-refractivity contribution in [1.82, 2.24) is 0 Å². The molecule has 0 heteroatoms. The van der Waals surface area contributed by atoms with E-state index >= 15 is 0 Å². The maximum Gasteiger partial charge on any atom is -0.0249 e. The summed E-state index contributed by atoms with van der Waals surface area (Å²) in [4.78, 5) is 0. The first-order chi connectivity index (χ1) is 7.58. The fourth-order valence-electron chi connectivity index (χ4n) is 3.65. The van der Waals surface area contributed by atoms with Crippen molar-refractivity contribution in [3.8, 4) is 0 Å². The van der Waals surface area contributed by atoms with Gasteiger partial charge in [-0.25, -0.2) is 0 Å². The van der Waals surface area contributed by atoms with E-state index in [4.69, 9.17) is 0 Å². The quantitative estimate of drug-likeness (QED) is 0.448. The second kappa shape index (κ2) is 8.14. The second-order valence-corrected chi connectivity index (χ2v) is 5.74. The normalized spacial score (nSPS) is 17.4. The van der Waals surface area contributed by atoms with Gasteiger partial charge in [0.15, 0.2) is 0 Å². The molecule has 0 amide bonds. The summed E-state index contributed by atoms with van der Waals surface area (Å²) in [5.74, 6) is 1.77. The first-order valence-corrected chi connectivity index (χ1v) is 7.58. The Morgan fingerprint density at radius 2 is 1.56 bits per heavy atom. The van der Waals surface area contributed by atoms with Gasteiger partial charge in [0.05, 0.1) is 0 Å². The highest BCUT2D eigenvalue weighted by Gasteiger charge is 2.37. The van der Waals surface area contributed by atoms with Crippen LogP contribution in [-0.2, 0) is 0 Å². The van der Waals surface area contributed by atoms with Gasteiger partial charge in [0.2, 0.25) is 0 Å². The van der Waals surface area contributed by atoms with Crippen molar-refractivity contribution >= 4 is 0 Å². The lowest BCUT2D eigenvalue weighted by Crippen LogP contribution is -2.35. The van der Waals surface area contributed by atoms with E-state index in [1.54, 1.807) is 0 Å². The van der Waals surface area contributed by atoms with Crippen LogP contribution in [0.1, 0.15) is 86.5 Å². The molecule has 0 bridgehead atoms. The Balaban J connectivity index is 4.78. The highest BCUT2D eigenvalue weighted by Crippen LogP contribution is 2.47. The third-order valence-corrected chi connectivity index (χ3v) is 4.74. The highest BCUT2D eigenvalue weighted by molar-refractivity contribution is 4.87. The molecule has 0 aromatic rings. The zero-order valence-electron chi connectivity index (χ0n) is 12.6. The number of unbranched alkanes of at least 4 members (excludes halogenated alkanes) is 1.